The largest absolute Gasteiger partial charge is 0.416 e. The van der Waals surface area contributed by atoms with Crippen molar-refractivity contribution >= 4 is 11.3 Å². The number of halogens is 3. The first kappa shape index (κ1) is 17.2. The molecule has 136 valence electrons. The Kier molecular flexibility index (Phi) is 4.54. The summed E-state index contributed by atoms with van der Waals surface area (Å²) in [7, 11) is 0. The van der Waals surface area contributed by atoms with Crippen LogP contribution in [-0.2, 0) is 19.3 Å². The molecule has 1 saturated carbocycles. The molecule has 1 fully saturated rings. The van der Waals surface area contributed by atoms with Crippen LogP contribution in [0.15, 0.2) is 46.3 Å². The second-order valence-corrected chi connectivity index (χ2v) is 7.33. The first-order chi connectivity index (χ1) is 12.5. The Bertz CT molecular complexity index is 855. The second-order valence-electron chi connectivity index (χ2n) is 6.30. The summed E-state index contributed by atoms with van der Waals surface area (Å²) in [5.41, 5.74) is -0.190. The van der Waals surface area contributed by atoms with Crippen molar-refractivity contribution in [2.45, 2.75) is 38.1 Å². The fourth-order valence-corrected chi connectivity index (χ4v) is 3.50. The molecule has 0 bridgehead atoms. The third kappa shape index (κ3) is 3.96. The molecule has 4 rings (SSSR count). The number of rotatable bonds is 6. The predicted octanol–water partition coefficient (Wildman–Crippen LogP) is 4.98. The first-order valence-corrected chi connectivity index (χ1v) is 9.13. The van der Waals surface area contributed by atoms with Crippen molar-refractivity contribution in [2.75, 3.05) is 0 Å². The maximum atomic E-state index is 12.7. The highest BCUT2D eigenvalue weighted by Gasteiger charge is 2.31. The Balaban J connectivity index is 1.47. The van der Waals surface area contributed by atoms with E-state index in [-0.39, 0.29) is 0 Å². The predicted molar refractivity (Wildman–Crippen MR) is 91.3 cm³/mol. The van der Waals surface area contributed by atoms with Gasteiger partial charge in [0.25, 0.3) is 0 Å². The summed E-state index contributed by atoms with van der Waals surface area (Å²) < 4.78 is 43.3. The monoisotopic (exact) mass is 379 g/mol. The van der Waals surface area contributed by atoms with Crippen LogP contribution in [0.25, 0.3) is 11.4 Å². The summed E-state index contributed by atoms with van der Waals surface area (Å²) in [4.78, 5) is 7.93. The van der Waals surface area contributed by atoms with Crippen molar-refractivity contribution in [2.24, 2.45) is 0 Å². The molecule has 1 aromatic carbocycles. The minimum absolute atomic E-state index is 0.306. The van der Waals surface area contributed by atoms with Crippen LogP contribution in [0, 0.1) is 0 Å². The summed E-state index contributed by atoms with van der Waals surface area (Å²) in [6.07, 6.45) is -2.04. The van der Waals surface area contributed by atoms with Crippen LogP contribution < -0.4 is 0 Å². The molecule has 1 aliphatic rings. The Labute approximate surface area is 152 Å². The lowest BCUT2D eigenvalue weighted by molar-refractivity contribution is -0.137. The minimum Gasteiger partial charge on any atom is -0.338 e. The fraction of sp³-hybridized carbons (Fsp3) is 0.333. The van der Waals surface area contributed by atoms with Crippen molar-refractivity contribution in [1.29, 1.82) is 0 Å². The third-order valence-electron chi connectivity index (χ3n) is 4.28. The van der Waals surface area contributed by atoms with Gasteiger partial charge >= 0.3 is 6.18 Å². The van der Waals surface area contributed by atoms with Crippen LogP contribution in [-0.4, -0.2) is 21.1 Å². The molecule has 4 nitrogen and oxygen atoms in total. The number of hydrogen-bond acceptors (Lipinski definition) is 5. The molecule has 0 radical (unpaired) electrons. The van der Waals surface area contributed by atoms with Gasteiger partial charge in [-0.2, -0.15) is 18.2 Å². The summed E-state index contributed by atoms with van der Waals surface area (Å²) >= 11 is 1.71. The van der Waals surface area contributed by atoms with E-state index in [0.717, 1.165) is 31.5 Å². The van der Waals surface area contributed by atoms with Gasteiger partial charge in [-0.3, -0.25) is 4.90 Å². The van der Waals surface area contributed by atoms with E-state index in [1.54, 1.807) is 11.3 Å². The number of thiophene rings is 1. The van der Waals surface area contributed by atoms with Crippen LogP contribution in [0.4, 0.5) is 13.2 Å². The van der Waals surface area contributed by atoms with Crippen molar-refractivity contribution in [1.82, 2.24) is 15.0 Å². The van der Waals surface area contributed by atoms with E-state index in [9.17, 15) is 13.2 Å². The average molecular weight is 379 g/mol. The molecule has 1 aliphatic carbocycles. The Hall–Kier alpha value is -2.19. The van der Waals surface area contributed by atoms with Gasteiger partial charge in [0.2, 0.25) is 11.7 Å². The van der Waals surface area contributed by atoms with Crippen molar-refractivity contribution in [3.05, 3.63) is 58.1 Å². The zero-order valence-electron chi connectivity index (χ0n) is 13.7. The smallest absolute Gasteiger partial charge is 0.338 e. The molecule has 0 atom stereocenters. The average Bonchev–Trinajstić information content (AvgIpc) is 3.14. The van der Waals surface area contributed by atoms with Gasteiger partial charge in [-0.25, -0.2) is 0 Å². The zero-order chi connectivity index (χ0) is 18.1. The van der Waals surface area contributed by atoms with Gasteiger partial charge in [0.05, 0.1) is 12.1 Å². The molecule has 8 heteroatoms. The first-order valence-electron chi connectivity index (χ1n) is 8.26. The van der Waals surface area contributed by atoms with Gasteiger partial charge < -0.3 is 4.52 Å². The molecule has 0 spiro atoms. The van der Waals surface area contributed by atoms with E-state index in [1.807, 2.05) is 6.07 Å². The maximum absolute atomic E-state index is 12.7. The van der Waals surface area contributed by atoms with Crippen LogP contribution >= 0.6 is 11.3 Å². The zero-order valence-corrected chi connectivity index (χ0v) is 14.6. The fourth-order valence-electron chi connectivity index (χ4n) is 2.77. The minimum atomic E-state index is -4.35. The van der Waals surface area contributed by atoms with Gasteiger partial charge in [-0.1, -0.05) is 23.4 Å². The van der Waals surface area contributed by atoms with E-state index in [2.05, 4.69) is 26.5 Å². The molecular formula is C18H16F3N3OS. The van der Waals surface area contributed by atoms with E-state index in [1.165, 1.54) is 17.0 Å². The van der Waals surface area contributed by atoms with E-state index in [0.29, 0.717) is 29.9 Å². The lowest BCUT2D eigenvalue weighted by atomic mass is 10.1. The van der Waals surface area contributed by atoms with E-state index < -0.39 is 11.7 Å². The van der Waals surface area contributed by atoms with Gasteiger partial charge in [0, 0.05) is 23.0 Å². The summed E-state index contributed by atoms with van der Waals surface area (Å²) in [6, 6.07) is 9.43. The number of benzene rings is 1. The van der Waals surface area contributed by atoms with Gasteiger partial charge in [-0.15, -0.1) is 11.3 Å². The normalized spacial score (nSPS) is 14.9. The van der Waals surface area contributed by atoms with Crippen molar-refractivity contribution in [3.63, 3.8) is 0 Å². The lowest BCUT2D eigenvalue weighted by Gasteiger charge is -2.18. The third-order valence-corrected chi connectivity index (χ3v) is 5.14. The molecule has 0 aliphatic heterocycles. The highest BCUT2D eigenvalue weighted by atomic mass is 32.1. The van der Waals surface area contributed by atoms with Gasteiger partial charge in [0.15, 0.2) is 0 Å². The van der Waals surface area contributed by atoms with Crippen LogP contribution in [0.2, 0.25) is 0 Å². The molecule has 0 unspecified atom stereocenters. The molecule has 3 aromatic rings. The number of hydrogen-bond donors (Lipinski definition) is 0. The standard InChI is InChI=1S/C18H16F3N3OS/c19-18(20,21)13-5-3-12(4-6-13)17-22-16(25-23-17)11-24(14-7-8-14)10-15-2-1-9-26-15/h1-6,9,14H,7-8,10-11H2. The van der Waals surface area contributed by atoms with E-state index >= 15 is 0 Å². The highest BCUT2D eigenvalue weighted by molar-refractivity contribution is 7.09. The maximum Gasteiger partial charge on any atom is 0.416 e. The van der Waals surface area contributed by atoms with Crippen LogP contribution in [0.3, 0.4) is 0 Å². The summed E-state index contributed by atoms with van der Waals surface area (Å²) in [5.74, 6) is 0.781. The van der Waals surface area contributed by atoms with Crippen LogP contribution in [0.5, 0.6) is 0 Å². The molecule has 26 heavy (non-hydrogen) atoms. The molecule has 0 saturated heterocycles. The Morgan fingerprint density at radius 2 is 1.88 bits per heavy atom. The summed E-state index contributed by atoms with van der Waals surface area (Å²) in [5, 5.41) is 5.97. The molecule has 0 N–H and O–H groups in total. The van der Waals surface area contributed by atoms with Crippen molar-refractivity contribution in [3.8, 4) is 11.4 Å². The molecule has 2 heterocycles. The second kappa shape index (κ2) is 6.85. The van der Waals surface area contributed by atoms with Gasteiger partial charge in [0.1, 0.15) is 0 Å². The number of aromatic nitrogens is 2. The Morgan fingerprint density at radius 1 is 1.12 bits per heavy atom. The molecular weight excluding hydrogens is 363 g/mol. The van der Waals surface area contributed by atoms with Crippen LogP contribution in [0.1, 0.15) is 29.2 Å². The van der Waals surface area contributed by atoms with Gasteiger partial charge in [-0.05, 0) is 36.4 Å². The highest BCUT2D eigenvalue weighted by Crippen LogP contribution is 2.32. The quantitative estimate of drug-likeness (QED) is 0.606. The lowest BCUT2D eigenvalue weighted by Crippen LogP contribution is -2.24. The van der Waals surface area contributed by atoms with Crippen molar-refractivity contribution < 1.29 is 17.7 Å². The van der Waals surface area contributed by atoms with E-state index in [4.69, 9.17) is 4.52 Å². The summed E-state index contributed by atoms with van der Waals surface area (Å²) in [6.45, 7) is 1.37. The number of nitrogens with zero attached hydrogens (tertiary/aromatic N) is 3. The molecule has 2 aromatic heterocycles. The topological polar surface area (TPSA) is 42.2 Å². The number of alkyl halides is 3. The molecule has 0 amide bonds. The SMILES string of the molecule is FC(F)(F)c1ccc(-c2noc(CN(Cc3cccs3)C3CC3)n2)cc1. The Morgan fingerprint density at radius 3 is 2.50 bits per heavy atom.